The van der Waals surface area contributed by atoms with Crippen LogP contribution in [0.1, 0.15) is 43.9 Å². The SMILES string of the molecule is CC1(C)[C@H](N)c2ccccc2C12CC2. The molecule has 1 atom stereocenters. The summed E-state index contributed by atoms with van der Waals surface area (Å²) < 4.78 is 0. The lowest BCUT2D eigenvalue weighted by Gasteiger charge is -2.31. The molecule has 2 aliphatic carbocycles. The lowest BCUT2D eigenvalue weighted by molar-refractivity contribution is 0.240. The highest BCUT2D eigenvalue weighted by Gasteiger charge is 2.62. The molecule has 1 aromatic rings. The number of hydrogen-bond donors (Lipinski definition) is 1. The first kappa shape index (κ1) is 8.49. The van der Waals surface area contributed by atoms with E-state index in [2.05, 4.69) is 38.1 Å². The molecular weight excluding hydrogens is 170 g/mol. The molecule has 14 heavy (non-hydrogen) atoms. The Balaban J connectivity index is 2.26. The van der Waals surface area contributed by atoms with Crippen LogP contribution in [0.2, 0.25) is 0 Å². The summed E-state index contributed by atoms with van der Waals surface area (Å²) in [5, 5.41) is 0. The van der Waals surface area contributed by atoms with E-state index in [1.54, 1.807) is 0 Å². The van der Waals surface area contributed by atoms with E-state index < -0.39 is 0 Å². The van der Waals surface area contributed by atoms with Crippen LogP contribution in [0, 0.1) is 5.41 Å². The standard InChI is InChI=1S/C13H17N/c1-12(2)11(14)9-5-3-4-6-10(9)13(12)7-8-13/h3-6,11H,7-8,14H2,1-2H3/t11-/m1/s1. The van der Waals surface area contributed by atoms with Gasteiger partial charge in [-0.1, -0.05) is 38.1 Å². The second-order valence-electron chi connectivity index (χ2n) is 5.37. The number of fused-ring (bicyclic) bond motifs is 2. The zero-order valence-corrected chi connectivity index (χ0v) is 8.88. The minimum atomic E-state index is 0.223. The summed E-state index contributed by atoms with van der Waals surface area (Å²) in [6.45, 7) is 4.65. The molecule has 0 saturated heterocycles. The Morgan fingerprint density at radius 2 is 1.86 bits per heavy atom. The van der Waals surface area contributed by atoms with E-state index in [1.807, 2.05) is 0 Å². The van der Waals surface area contributed by atoms with Crippen molar-refractivity contribution in [3.05, 3.63) is 35.4 Å². The third kappa shape index (κ3) is 0.718. The minimum Gasteiger partial charge on any atom is -0.323 e. The normalized spacial score (nSPS) is 30.4. The van der Waals surface area contributed by atoms with Crippen LogP contribution in [0.5, 0.6) is 0 Å². The lowest BCUT2D eigenvalue weighted by Crippen LogP contribution is -2.32. The molecule has 2 N–H and O–H groups in total. The lowest BCUT2D eigenvalue weighted by atomic mass is 9.74. The van der Waals surface area contributed by atoms with E-state index in [0.29, 0.717) is 5.41 Å². The molecule has 1 nitrogen and oxygen atoms in total. The molecule has 1 fully saturated rings. The van der Waals surface area contributed by atoms with Crippen molar-refractivity contribution in [2.45, 2.75) is 38.1 Å². The van der Waals surface area contributed by atoms with Gasteiger partial charge in [-0.25, -0.2) is 0 Å². The van der Waals surface area contributed by atoms with Crippen LogP contribution in [-0.2, 0) is 5.41 Å². The van der Waals surface area contributed by atoms with Crippen molar-refractivity contribution in [1.82, 2.24) is 0 Å². The molecule has 3 rings (SSSR count). The summed E-state index contributed by atoms with van der Waals surface area (Å²) >= 11 is 0. The smallest absolute Gasteiger partial charge is 0.0358 e. The molecule has 74 valence electrons. The van der Waals surface area contributed by atoms with Gasteiger partial charge in [0.25, 0.3) is 0 Å². The zero-order valence-electron chi connectivity index (χ0n) is 8.88. The maximum absolute atomic E-state index is 6.34. The van der Waals surface area contributed by atoms with Crippen molar-refractivity contribution < 1.29 is 0 Å². The predicted molar refractivity (Wildman–Crippen MR) is 58.1 cm³/mol. The molecule has 1 aromatic carbocycles. The highest BCUT2D eigenvalue weighted by molar-refractivity contribution is 5.49. The van der Waals surface area contributed by atoms with E-state index in [4.69, 9.17) is 5.73 Å². The number of benzene rings is 1. The zero-order chi connectivity index (χ0) is 9.97. The van der Waals surface area contributed by atoms with Crippen molar-refractivity contribution in [3.8, 4) is 0 Å². The van der Waals surface area contributed by atoms with Crippen LogP contribution in [-0.4, -0.2) is 0 Å². The molecule has 0 radical (unpaired) electrons. The predicted octanol–water partition coefficient (Wildman–Crippen LogP) is 2.76. The Labute approximate surface area is 85.3 Å². The van der Waals surface area contributed by atoms with Crippen molar-refractivity contribution in [1.29, 1.82) is 0 Å². The van der Waals surface area contributed by atoms with Gasteiger partial charge < -0.3 is 5.73 Å². The average Bonchev–Trinajstić information content (AvgIpc) is 2.95. The summed E-state index contributed by atoms with van der Waals surface area (Å²) in [5.41, 5.74) is 9.92. The van der Waals surface area contributed by atoms with Gasteiger partial charge in [-0.15, -0.1) is 0 Å². The Hall–Kier alpha value is -0.820. The first-order chi connectivity index (χ1) is 6.59. The maximum atomic E-state index is 6.34. The molecule has 0 aromatic heterocycles. The van der Waals surface area contributed by atoms with Gasteiger partial charge >= 0.3 is 0 Å². The van der Waals surface area contributed by atoms with Gasteiger partial charge in [-0.3, -0.25) is 0 Å². The maximum Gasteiger partial charge on any atom is 0.0358 e. The number of nitrogens with two attached hydrogens (primary N) is 1. The number of hydrogen-bond acceptors (Lipinski definition) is 1. The van der Waals surface area contributed by atoms with Crippen LogP contribution >= 0.6 is 0 Å². The summed E-state index contributed by atoms with van der Waals surface area (Å²) in [7, 11) is 0. The van der Waals surface area contributed by atoms with Gasteiger partial charge in [-0.05, 0) is 29.4 Å². The van der Waals surface area contributed by atoms with Crippen LogP contribution in [0.25, 0.3) is 0 Å². The Kier molecular flexibility index (Phi) is 1.35. The van der Waals surface area contributed by atoms with Gasteiger partial charge in [-0.2, -0.15) is 0 Å². The van der Waals surface area contributed by atoms with E-state index in [-0.39, 0.29) is 11.5 Å². The van der Waals surface area contributed by atoms with Crippen LogP contribution in [0.4, 0.5) is 0 Å². The third-order valence-corrected chi connectivity index (χ3v) is 4.57. The molecule has 0 amide bonds. The van der Waals surface area contributed by atoms with Crippen LogP contribution < -0.4 is 5.73 Å². The first-order valence-corrected chi connectivity index (χ1v) is 5.45. The van der Waals surface area contributed by atoms with E-state index in [0.717, 1.165) is 0 Å². The number of rotatable bonds is 0. The van der Waals surface area contributed by atoms with Gasteiger partial charge in [0.05, 0.1) is 0 Å². The highest BCUT2D eigenvalue weighted by Crippen LogP contribution is 2.68. The largest absolute Gasteiger partial charge is 0.323 e. The van der Waals surface area contributed by atoms with Crippen molar-refractivity contribution in [2.24, 2.45) is 11.1 Å². The van der Waals surface area contributed by atoms with Gasteiger partial charge in [0, 0.05) is 11.5 Å². The Morgan fingerprint density at radius 3 is 2.50 bits per heavy atom. The van der Waals surface area contributed by atoms with Crippen LogP contribution in [0.15, 0.2) is 24.3 Å². The van der Waals surface area contributed by atoms with E-state index in [9.17, 15) is 0 Å². The second-order valence-corrected chi connectivity index (χ2v) is 5.37. The van der Waals surface area contributed by atoms with E-state index in [1.165, 1.54) is 24.0 Å². The fourth-order valence-corrected chi connectivity index (χ4v) is 3.28. The molecule has 0 aliphatic heterocycles. The van der Waals surface area contributed by atoms with Crippen molar-refractivity contribution in [3.63, 3.8) is 0 Å². The Bertz CT molecular complexity index is 388. The van der Waals surface area contributed by atoms with Gasteiger partial charge in [0.2, 0.25) is 0 Å². The summed E-state index contributed by atoms with van der Waals surface area (Å²) in [4.78, 5) is 0. The highest BCUT2D eigenvalue weighted by atomic mass is 14.8. The Morgan fingerprint density at radius 1 is 1.21 bits per heavy atom. The fraction of sp³-hybridized carbons (Fsp3) is 0.538. The molecule has 0 unspecified atom stereocenters. The fourth-order valence-electron chi connectivity index (χ4n) is 3.28. The quantitative estimate of drug-likeness (QED) is 0.664. The summed E-state index contributed by atoms with van der Waals surface area (Å²) in [5.74, 6) is 0. The molecule has 1 heteroatoms. The van der Waals surface area contributed by atoms with Crippen molar-refractivity contribution >= 4 is 0 Å². The van der Waals surface area contributed by atoms with Gasteiger partial charge in [0.15, 0.2) is 0 Å². The monoisotopic (exact) mass is 187 g/mol. The van der Waals surface area contributed by atoms with Crippen LogP contribution in [0.3, 0.4) is 0 Å². The summed E-state index contributed by atoms with van der Waals surface area (Å²) in [6, 6.07) is 8.95. The average molecular weight is 187 g/mol. The van der Waals surface area contributed by atoms with Gasteiger partial charge in [0.1, 0.15) is 0 Å². The molecule has 2 aliphatic rings. The van der Waals surface area contributed by atoms with Crippen molar-refractivity contribution in [2.75, 3.05) is 0 Å². The molecular formula is C13H17N. The molecule has 0 bridgehead atoms. The first-order valence-electron chi connectivity index (χ1n) is 5.45. The topological polar surface area (TPSA) is 26.0 Å². The molecule has 0 heterocycles. The third-order valence-electron chi connectivity index (χ3n) is 4.57. The molecule has 1 spiro atoms. The van der Waals surface area contributed by atoms with E-state index >= 15 is 0 Å². The minimum absolute atomic E-state index is 0.223. The second kappa shape index (κ2) is 2.22. The summed E-state index contributed by atoms with van der Waals surface area (Å²) in [6.07, 6.45) is 2.65. The molecule has 1 saturated carbocycles.